The van der Waals surface area contributed by atoms with Gasteiger partial charge in [0.2, 0.25) is 5.91 Å². The van der Waals surface area contributed by atoms with Gasteiger partial charge in [-0.2, -0.15) is 0 Å². The van der Waals surface area contributed by atoms with Crippen LogP contribution in [0.4, 0.5) is 11.4 Å². The summed E-state index contributed by atoms with van der Waals surface area (Å²) in [5.41, 5.74) is 7.83. The Hall–Kier alpha value is -2.44. The van der Waals surface area contributed by atoms with E-state index in [1.807, 2.05) is 61.2 Å². The van der Waals surface area contributed by atoms with E-state index in [1.165, 1.54) is 0 Å². The van der Waals surface area contributed by atoms with Crippen LogP contribution in [0.15, 0.2) is 48.5 Å². The molecule has 0 heterocycles. The molecule has 160 valence electrons. The summed E-state index contributed by atoms with van der Waals surface area (Å²) in [5.74, 6) is 0.687. The first-order valence-electron chi connectivity index (χ1n) is 9.15. The number of nitrogens with two attached hydrogens (primary N) is 1. The van der Waals surface area contributed by atoms with E-state index in [2.05, 4.69) is 12.2 Å². The molecule has 8 heteroatoms. The van der Waals surface area contributed by atoms with Crippen LogP contribution in [0, 0.1) is 5.41 Å². The van der Waals surface area contributed by atoms with Crippen molar-refractivity contribution in [1.29, 1.82) is 5.41 Å². The van der Waals surface area contributed by atoms with Crippen LogP contribution >= 0.6 is 24.8 Å². The minimum atomic E-state index is -0.103. The number of amidine groups is 1. The number of amides is 1. The second-order valence-electron chi connectivity index (χ2n) is 6.62. The summed E-state index contributed by atoms with van der Waals surface area (Å²) in [6, 6.07) is 14.7. The van der Waals surface area contributed by atoms with Crippen LogP contribution in [0.25, 0.3) is 0 Å². The molecular weight excluding hydrogens is 411 g/mol. The molecular formula is C21H30Cl2N4O2. The summed E-state index contributed by atoms with van der Waals surface area (Å²) in [7, 11) is 0. The van der Waals surface area contributed by atoms with Crippen LogP contribution in [0.3, 0.4) is 0 Å². The van der Waals surface area contributed by atoms with Gasteiger partial charge in [0.1, 0.15) is 11.6 Å². The summed E-state index contributed by atoms with van der Waals surface area (Å²) < 4.78 is 5.61. The maximum Gasteiger partial charge on any atom is 0.243 e. The number of ether oxygens (including phenoxy) is 1. The number of anilines is 2. The van der Waals surface area contributed by atoms with Crippen LogP contribution in [-0.4, -0.2) is 30.9 Å². The molecule has 0 spiro atoms. The number of halogens is 2. The molecule has 6 nitrogen and oxygen atoms in total. The zero-order valence-corrected chi connectivity index (χ0v) is 18.6. The Kier molecular flexibility index (Phi) is 11.8. The van der Waals surface area contributed by atoms with Crippen molar-refractivity contribution in [2.75, 3.05) is 23.3 Å². The first kappa shape index (κ1) is 26.6. The van der Waals surface area contributed by atoms with Gasteiger partial charge < -0.3 is 20.7 Å². The number of rotatable bonds is 9. The minimum Gasteiger partial charge on any atom is -0.491 e. The lowest BCUT2D eigenvalue weighted by atomic mass is 10.1. The number of benzene rings is 2. The van der Waals surface area contributed by atoms with E-state index in [9.17, 15) is 4.79 Å². The number of nitrogen functional groups attached to an aromatic ring is 1. The third kappa shape index (κ3) is 8.62. The fourth-order valence-electron chi connectivity index (χ4n) is 2.70. The summed E-state index contributed by atoms with van der Waals surface area (Å²) in [5, 5.41) is 10.5. The molecule has 0 bridgehead atoms. The second-order valence-corrected chi connectivity index (χ2v) is 6.62. The molecule has 0 unspecified atom stereocenters. The zero-order valence-electron chi connectivity index (χ0n) is 17.0. The van der Waals surface area contributed by atoms with Gasteiger partial charge in [-0.15, -0.1) is 24.8 Å². The summed E-state index contributed by atoms with van der Waals surface area (Å²) in [6.45, 7) is 6.96. The first-order valence-corrected chi connectivity index (χ1v) is 9.15. The topological polar surface area (TPSA) is 91.4 Å². The van der Waals surface area contributed by atoms with Crippen molar-refractivity contribution in [1.82, 2.24) is 0 Å². The van der Waals surface area contributed by atoms with Crippen molar-refractivity contribution in [3.05, 3.63) is 54.1 Å². The number of hydrogen-bond donors (Lipinski definition) is 3. The Balaban J connectivity index is 0.00000392. The van der Waals surface area contributed by atoms with E-state index in [0.29, 0.717) is 5.56 Å². The molecule has 0 aliphatic heterocycles. The third-order valence-electron chi connectivity index (χ3n) is 3.86. The van der Waals surface area contributed by atoms with E-state index >= 15 is 0 Å². The molecule has 0 fully saturated rings. The predicted octanol–water partition coefficient (Wildman–Crippen LogP) is 4.46. The summed E-state index contributed by atoms with van der Waals surface area (Å²) in [4.78, 5) is 14.5. The normalized spacial score (nSPS) is 9.79. The van der Waals surface area contributed by atoms with Crippen molar-refractivity contribution in [3.8, 4) is 5.75 Å². The molecule has 1 amide bonds. The van der Waals surface area contributed by atoms with Gasteiger partial charge in [-0.05, 0) is 56.7 Å². The molecule has 0 saturated carbocycles. The smallest absolute Gasteiger partial charge is 0.243 e. The maximum atomic E-state index is 12.5. The Labute approximate surface area is 185 Å². The largest absolute Gasteiger partial charge is 0.491 e. The molecule has 29 heavy (non-hydrogen) atoms. The van der Waals surface area contributed by atoms with Crippen molar-refractivity contribution < 1.29 is 9.53 Å². The van der Waals surface area contributed by atoms with E-state index < -0.39 is 0 Å². The molecule has 0 aliphatic rings. The maximum absolute atomic E-state index is 12.5. The number of hydrogen-bond acceptors (Lipinski definition) is 4. The Bertz CT molecular complexity index is 783. The van der Waals surface area contributed by atoms with Gasteiger partial charge in [-0.3, -0.25) is 10.2 Å². The zero-order chi connectivity index (χ0) is 19.8. The van der Waals surface area contributed by atoms with E-state index in [1.54, 1.807) is 6.07 Å². The number of carbonyl (C=O) groups excluding carboxylic acids is 1. The van der Waals surface area contributed by atoms with Gasteiger partial charge in [-0.25, -0.2) is 0 Å². The van der Waals surface area contributed by atoms with Crippen molar-refractivity contribution in [2.24, 2.45) is 5.73 Å². The Morgan fingerprint density at radius 1 is 1.17 bits per heavy atom. The van der Waals surface area contributed by atoms with Crippen LogP contribution in [0.5, 0.6) is 5.75 Å². The van der Waals surface area contributed by atoms with Crippen LogP contribution in [0.1, 0.15) is 32.8 Å². The van der Waals surface area contributed by atoms with Gasteiger partial charge in [0.15, 0.2) is 0 Å². The van der Waals surface area contributed by atoms with E-state index in [-0.39, 0.29) is 49.2 Å². The van der Waals surface area contributed by atoms with Crippen molar-refractivity contribution >= 4 is 47.9 Å². The van der Waals surface area contributed by atoms with Gasteiger partial charge in [0, 0.05) is 23.5 Å². The van der Waals surface area contributed by atoms with Gasteiger partial charge in [0.25, 0.3) is 0 Å². The highest BCUT2D eigenvalue weighted by molar-refractivity contribution is 5.97. The Morgan fingerprint density at radius 2 is 1.83 bits per heavy atom. The fraction of sp³-hybridized carbons (Fsp3) is 0.333. The average molecular weight is 441 g/mol. The van der Waals surface area contributed by atoms with E-state index in [0.717, 1.165) is 30.1 Å². The molecule has 2 rings (SSSR count). The lowest BCUT2D eigenvalue weighted by Gasteiger charge is -2.24. The molecule has 2 aromatic rings. The lowest BCUT2D eigenvalue weighted by Crippen LogP contribution is -2.34. The average Bonchev–Trinajstić information content (AvgIpc) is 2.62. The number of nitrogens with one attached hydrogen (secondary N) is 2. The lowest BCUT2D eigenvalue weighted by molar-refractivity contribution is -0.115. The van der Waals surface area contributed by atoms with Gasteiger partial charge >= 0.3 is 0 Å². The number of carbonyl (C=O) groups is 1. The van der Waals surface area contributed by atoms with Crippen molar-refractivity contribution in [2.45, 2.75) is 33.3 Å². The number of nitrogens with zero attached hydrogens (tertiary/aromatic N) is 1. The van der Waals surface area contributed by atoms with Gasteiger partial charge in [0.05, 0.1) is 12.6 Å². The molecule has 0 saturated heterocycles. The summed E-state index contributed by atoms with van der Waals surface area (Å²) in [6.07, 6.45) is 1.01. The second kappa shape index (κ2) is 12.9. The van der Waals surface area contributed by atoms with E-state index in [4.69, 9.17) is 15.9 Å². The molecule has 2 aromatic carbocycles. The SMILES string of the molecule is CCCN(CC(=O)Nc1ccc(OC(C)C)cc1)c1cccc(C(=N)N)c1.Cl.Cl. The standard InChI is InChI=1S/C21H28N4O2.2ClH/c1-4-12-25(18-7-5-6-16(13-18)21(22)23)14-20(26)24-17-8-10-19(11-9-17)27-15(2)3;;/h5-11,13,15H,4,12,14H2,1-3H3,(H3,22,23)(H,24,26);2*1H. The van der Waals surface area contributed by atoms with Gasteiger partial charge in [-0.1, -0.05) is 19.1 Å². The van der Waals surface area contributed by atoms with Crippen LogP contribution in [0.2, 0.25) is 0 Å². The highest BCUT2D eigenvalue weighted by Gasteiger charge is 2.12. The van der Waals surface area contributed by atoms with Crippen LogP contribution in [-0.2, 0) is 4.79 Å². The highest BCUT2D eigenvalue weighted by atomic mass is 35.5. The fourth-order valence-corrected chi connectivity index (χ4v) is 2.70. The quantitative estimate of drug-likeness (QED) is 0.396. The summed E-state index contributed by atoms with van der Waals surface area (Å²) >= 11 is 0. The third-order valence-corrected chi connectivity index (χ3v) is 3.86. The molecule has 4 N–H and O–H groups in total. The van der Waals surface area contributed by atoms with Crippen LogP contribution < -0.4 is 20.7 Å². The predicted molar refractivity (Wildman–Crippen MR) is 125 cm³/mol. The van der Waals surface area contributed by atoms with Crippen molar-refractivity contribution in [3.63, 3.8) is 0 Å². The molecule has 0 atom stereocenters. The minimum absolute atomic E-state index is 0. The highest BCUT2D eigenvalue weighted by Crippen LogP contribution is 2.19. The molecule has 0 aromatic heterocycles. The molecule has 0 aliphatic carbocycles. The first-order chi connectivity index (χ1) is 12.9. The monoisotopic (exact) mass is 440 g/mol. The molecule has 0 radical (unpaired) electrons. The Morgan fingerprint density at radius 3 is 2.38 bits per heavy atom.